The predicted octanol–water partition coefficient (Wildman–Crippen LogP) is 6.05. The number of halogens is 2. The van der Waals surface area contributed by atoms with Gasteiger partial charge in [0.05, 0.1) is 5.54 Å². The number of nitrogens with one attached hydrogen (secondary N) is 1. The molecule has 8 rings (SSSR count). The number of hydrogen-bond donors (Lipinski definition) is 1. The van der Waals surface area contributed by atoms with Crippen molar-refractivity contribution in [1.29, 1.82) is 0 Å². The maximum Gasteiger partial charge on any atom is 0.319 e. The van der Waals surface area contributed by atoms with E-state index in [-0.39, 0.29) is 22.9 Å². The van der Waals surface area contributed by atoms with E-state index in [9.17, 15) is 4.39 Å². The van der Waals surface area contributed by atoms with Crippen LogP contribution in [-0.4, -0.2) is 71.4 Å². The second kappa shape index (κ2) is 10.1. The lowest BCUT2D eigenvalue weighted by molar-refractivity contribution is 0.107. The first-order valence-corrected chi connectivity index (χ1v) is 15.6. The molecule has 4 aliphatic rings. The van der Waals surface area contributed by atoms with Gasteiger partial charge in [0.25, 0.3) is 0 Å². The average Bonchev–Trinajstić information content (AvgIpc) is 3.65. The molecule has 4 fully saturated rings. The van der Waals surface area contributed by atoms with Gasteiger partial charge in [-0.15, -0.1) is 0 Å². The molecule has 2 unspecified atom stereocenters. The van der Waals surface area contributed by atoms with E-state index in [1.807, 2.05) is 24.3 Å². The number of ether oxygens (including phenoxy) is 1. The fraction of sp³-hybridized carbons (Fsp3) is 0.471. The van der Waals surface area contributed by atoms with Gasteiger partial charge >= 0.3 is 6.01 Å². The van der Waals surface area contributed by atoms with Crippen LogP contribution < -0.4 is 15.0 Å². The fourth-order valence-corrected chi connectivity index (χ4v) is 8.19. The van der Waals surface area contributed by atoms with Crippen LogP contribution in [0, 0.1) is 5.82 Å². The summed E-state index contributed by atoms with van der Waals surface area (Å²) in [5, 5.41) is 6.55. The first-order chi connectivity index (χ1) is 20.5. The number of nitrogens with zero attached hydrogens (tertiary/aromatic N) is 4. The summed E-state index contributed by atoms with van der Waals surface area (Å²) in [6.45, 7) is 5.42. The summed E-state index contributed by atoms with van der Waals surface area (Å²) in [5.74, 6) is 0.365. The zero-order valence-electron chi connectivity index (χ0n) is 24.1. The molecule has 0 amide bonds. The van der Waals surface area contributed by atoms with E-state index in [0.717, 1.165) is 73.9 Å². The van der Waals surface area contributed by atoms with Crippen molar-refractivity contribution in [2.45, 2.75) is 69.2 Å². The van der Waals surface area contributed by atoms with Crippen LogP contribution in [-0.2, 0) is 6.42 Å². The Bertz CT molecular complexity index is 1660. The molecular formula is C34H37F2N5O. The van der Waals surface area contributed by atoms with Crippen molar-refractivity contribution in [3.8, 4) is 17.1 Å². The Kier molecular flexibility index (Phi) is 6.34. The van der Waals surface area contributed by atoms with E-state index in [1.165, 1.54) is 5.56 Å². The number of aromatic nitrogens is 2. The molecule has 8 heteroatoms. The lowest BCUT2D eigenvalue weighted by Crippen LogP contribution is -2.51. The second-order valence-electron chi connectivity index (χ2n) is 12.7. The first kappa shape index (κ1) is 26.3. The summed E-state index contributed by atoms with van der Waals surface area (Å²) in [6.07, 6.45) is 4.68. The topological polar surface area (TPSA) is 53.5 Å². The standard InChI is InChI=1S/C34H37F2N5O/c1-2-21-6-3-7-22-8-4-9-26(29(21)22)27-12-13-28-31(30(27)36)38-33(39-32(28)40-18-24-10-11-25(19-40)37-24)42-20-34-14-5-15-41(34)17-23(35)16-34/h3-4,6-9,12-13,23-25,37H,2,5,10-11,14-20H2,1H3/t23-,24?,25?,34+/m1/s1. The average molecular weight is 570 g/mol. The highest BCUT2D eigenvalue weighted by Gasteiger charge is 2.49. The van der Waals surface area contributed by atoms with E-state index < -0.39 is 6.17 Å². The molecule has 0 saturated carbocycles. The number of aryl methyl sites for hydroxylation is 1. The Labute approximate surface area is 245 Å². The third-order valence-electron chi connectivity index (χ3n) is 10.2. The Morgan fingerprint density at radius 2 is 1.81 bits per heavy atom. The van der Waals surface area contributed by atoms with E-state index in [1.54, 1.807) is 0 Å². The second-order valence-corrected chi connectivity index (χ2v) is 12.7. The summed E-state index contributed by atoms with van der Waals surface area (Å²) >= 11 is 0. The quantitative estimate of drug-likeness (QED) is 0.305. The van der Waals surface area contributed by atoms with Gasteiger partial charge in [0.1, 0.15) is 24.1 Å². The van der Waals surface area contributed by atoms with Crippen LogP contribution in [0.4, 0.5) is 14.6 Å². The molecule has 1 N–H and O–H groups in total. The number of rotatable bonds is 6. The minimum Gasteiger partial charge on any atom is -0.461 e. The molecule has 4 aromatic rings. The first-order valence-electron chi connectivity index (χ1n) is 15.6. The highest BCUT2D eigenvalue weighted by molar-refractivity contribution is 6.02. The number of benzene rings is 3. The molecule has 218 valence electrons. The van der Waals surface area contributed by atoms with E-state index >= 15 is 4.39 Å². The van der Waals surface area contributed by atoms with Gasteiger partial charge in [-0.25, -0.2) is 8.78 Å². The van der Waals surface area contributed by atoms with Gasteiger partial charge in [-0.05, 0) is 66.6 Å². The third-order valence-corrected chi connectivity index (χ3v) is 10.2. The van der Waals surface area contributed by atoms with Gasteiger partial charge in [0.15, 0.2) is 5.82 Å². The fourth-order valence-electron chi connectivity index (χ4n) is 8.19. The highest BCUT2D eigenvalue weighted by Crippen LogP contribution is 2.42. The Morgan fingerprint density at radius 1 is 1.00 bits per heavy atom. The van der Waals surface area contributed by atoms with Crippen LogP contribution >= 0.6 is 0 Å². The highest BCUT2D eigenvalue weighted by atomic mass is 19.1. The number of hydrogen-bond acceptors (Lipinski definition) is 6. The molecule has 0 aliphatic carbocycles. The maximum absolute atomic E-state index is 16.8. The van der Waals surface area contributed by atoms with Crippen LogP contribution in [0.25, 0.3) is 32.8 Å². The molecule has 42 heavy (non-hydrogen) atoms. The van der Waals surface area contributed by atoms with Crippen molar-refractivity contribution in [2.75, 3.05) is 37.7 Å². The summed E-state index contributed by atoms with van der Waals surface area (Å²) in [5.41, 5.74) is 2.54. The maximum atomic E-state index is 16.8. The normalized spacial score (nSPS) is 27.3. The van der Waals surface area contributed by atoms with Crippen LogP contribution in [0.5, 0.6) is 6.01 Å². The molecular weight excluding hydrogens is 532 g/mol. The zero-order chi connectivity index (χ0) is 28.4. The van der Waals surface area contributed by atoms with Crippen LogP contribution in [0.3, 0.4) is 0 Å². The lowest BCUT2D eigenvalue weighted by Gasteiger charge is -2.34. The minimum absolute atomic E-state index is 0.176. The molecule has 4 saturated heterocycles. The SMILES string of the molecule is CCc1cccc2cccc(-c3ccc4c(N5CC6CCC(C5)N6)nc(OC[C@@]56CCCN5C[C@H](F)C6)nc4c3F)c12. The minimum atomic E-state index is -0.841. The summed E-state index contributed by atoms with van der Waals surface area (Å²) < 4.78 is 37.5. The van der Waals surface area contributed by atoms with Gasteiger partial charge in [0, 0.05) is 49.1 Å². The molecule has 3 aromatic carbocycles. The molecule has 6 nitrogen and oxygen atoms in total. The third kappa shape index (κ3) is 4.25. The molecule has 4 aliphatic heterocycles. The van der Waals surface area contributed by atoms with Crippen molar-refractivity contribution in [2.24, 2.45) is 0 Å². The number of anilines is 1. The molecule has 5 heterocycles. The Morgan fingerprint density at radius 3 is 2.62 bits per heavy atom. The number of fused-ring (bicyclic) bond motifs is 5. The molecule has 1 aromatic heterocycles. The van der Waals surface area contributed by atoms with Gasteiger partial charge in [-0.2, -0.15) is 9.97 Å². The van der Waals surface area contributed by atoms with E-state index in [0.29, 0.717) is 42.6 Å². The van der Waals surface area contributed by atoms with E-state index in [4.69, 9.17) is 14.7 Å². The predicted molar refractivity (Wildman–Crippen MR) is 163 cm³/mol. The van der Waals surface area contributed by atoms with Crippen molar-refractivity contribution in [1.82, 2.24) is 20.2 Å². The summed E-state index contributed by atoms with van der Waals surface area (Å²) in [6, 6.07) is 17.2. The monoisotopic (exact) mass is 569 g/mol. The van der Waals surface area contributed by atoms with Crippen molar-refractivity contribution in [3.05, 3.63) is 59.9 Å². The Balaban J connectivity index is 1.25. The van der Waals surface area contributed by atoms with Crippen molar-refractivity contribution >= 4 is 27.5 Å². The summed E-state index contributed by atoms with van der Waals surface area (Å²) in [7, 11) is 0. The molecule has 4 atom stereocenters. The number of piperazine rings is 1. The van der Waals surface area contributed by atoms with Crippen LogP contribution in [0.15, 0.2) is 48.5 Å². The molecule has 2 bridgehead atoms. The summed E-state index contributed by atoms with van der Waals surface area (Å²) in [4.78, 5) is 14.1. The van der Waals surface area contributed by atoms with Crippen LogP contribution in [0.2, 0.25) is 0 Å². The van der Waals surface area contributed by atoms with Gasteiger partial charge in [0.2, 0.25) is 0 Å². The lowest BCUT2D eigenvalue weighted by atomic mass is 9.93. The van der Waals surface area contributed by atoms with Gasteiger partial charge in [-0.3, -0.25) is 4.90 Å². The van der Waals surface area contributed by atoms with Crippen molar-refractivity contribution in [3.63, 3.8) is 0 Å². The molecule has 0 spiro atoms. The van der Waals surface area contributed by atoms with Gasteiger partial charge in [-0.1, -0.05) is 49.4 Å². The zero-order valence-corrected chi connectivity index (χ0v) is 24.1. The largest absolute Gasteiger partial charge is 0.461 e. The molecule has 0 radical (unpaired) electrons. The van der Waals surface area contributed by atoms with Crippen LogP contribution in [0.1, 0.15) is 44.6 Å². The number of alkyl halides is 1. The smallest absolute Gasteiger partial charge is 0.319 e. The van der Waals surface area contributed by atoms with E-state index in [2.05, 4.69) is 46.3 Å². The van der Waals surface area contributed by atoms with Gasteiger partial charge < -0.3 is 15.0 Å². The Hall–Kier alpha value is -3.36. The van der Waals surface area contributed by atoms with Crippen molar-refractivity contribution < 1.29 is 13.5 Å².